The van der Waals surface area contributed by atoms with Gasteiger partial charge < -0.3 is 5.73 Å². The van der Waals surface area contributed by atoms with E-state index in [9.17, 15) is 0 Å². The first kappa shape index (κ1) is 9.34. The van der Waals surface area contributed by atoms with Crippen molar-refractivity contribution in [3.8, 4) is 0 Å². The van der Waals surface area contributed by atoms with Crippen molar-refractivity contribution in [3.05, 3.63) is 34.9 Å². The first-order chi connectivity index (χ1) is 6.74. The minimum Gasteiger partial charge on any atom is -0.386 e. The fraction of sp³-hybridized carbons (Fsp3) is 0.300. The van der Waals surface area contributed by atoms with E-state index in [1.54, 1.807) is 0 Å². The Kier molecular flexibility index (Phi) is 2.59. The second kappa shape index (κ2) is 3.88. The van der Waals surface area contributed by atoms with Crippen LogP contribution in [0.5, 0.6) is 0 Å². The topological polar surface area (TPSA) is 41.6 Å². The third-order valence-electron chi connectivity index (χ3n) is 2.15. The van der Waals surface area contributed by atoms with Gasteiger partial charge in [-0.3, -0.25) is 5.01 Å². The van der Waals surface area contributed by atoms with E-state index in [0.29, 0.717) is 5.84 Å². The molecule has 0 aliphatic carbocycles. The molecule has 0 saturated heterocycles. The van der Waals surface area contributed by atoms with Gasteiger partial charge >= 0.3 is 0 Å². The molecule has 0 fully saturated rings. The summed E-state index contributed by atoms with van der Waals surface area (Å²) in [5.41, 5.74) is 6.75. The lowest BCUT2D eigenvalue weighted by atomic mass is 10.2. The van der Waals surface area contributed by atoms with Crippen LogP contribution in [-0.4, -0.2) is 17.4 Å². The summed E-state index contributed by atoms with van der Waals surface area (Å²) in [5.74, 6) is 0.715. The van der Waals surface area contributed by atoms with Crippen molar-refractivity contribution in [1.82, 2.24) is 5.01 Å². The maximum atomic E-state index is 5.88. The molecule has 0 spiro atoms. The highest BCUT2D eigenvalue weighted by Crippen LogP contribution is 2.14. The summed E-state index contributed by atoms with van der Waals surface area (Å²) in [4.78, 5) is 0. The maximum Gasteiger partial charge on any atom is 0.121 e. The zero-order chi connectivity index (χ0) is 9.97. The quantitative estimate of drug-likeness (QED) is 0.808. The summed E-state index contributed by atoms with van der Waals surface area (Å²) >= 11 is 5.88. The molecule has 2 rings (SSSR count). The van der Waals surface area contributed by atoms with Crippen molar-refractivity contribution in [2.75, 3.05) is 6.54 Å². The molecule has 0 amide bonds. The number of amidine groups is 1. The van der Waals surface area contributed by atoms with E-state index >= 15 is 0 Å². The number of nitrogens with zero attached hydrogens (tertiary/aromatic N) is 2. The Morgan fingerprint density at radius 3 is 3.00 bits per heavy atom. The fourth-order valence-corrected chi connectivity index (χ4v) is 1.70. The molecule has 1 aliphatic rings. The van der Waals surface area contributed by atoms with Crippen LogP contribution < -0.4 is 5.73 Å². The van der Waals surface area contributed by atoms with Crippen molar-refractivity contribution in [2.45, 2.75) is 13.0 Å². The molecule has 0 bridgehead atoms. The molecule has 1 aliphatic heterocycles. The number of rotatable bonds is 2. The van der Waals surface area contributed by atoms with E-state index in [1.807, 2.05) is 29.3 Å². The third-order valence-corrected chi connectivity index (χ3v) is 2.39. The van der Waals surface area contributed by atoms with Gasteiger partial charge in [-0.2, -0.15) is 5.10 Å². The predicted octanol–water partition coefficient (Wildman–Crippen LogP) is 1.82. The van der Waals surface area contributed by atoms with Crippen molar-refractivity contribution in [1.29, 1.82) is 0 Å². The van der Waals surface area contributed by atoms with E-state index in [-0.39, 0.29) is 0 Å². The van der Waals surface area contributed by atoms with Gasteiger partial charge in [-0.05, 0) is 17.7 Å². The summed E-state index contributed by atoms with van der Waals surface area (Å²) < 4.78 is 0. The van der Waals surface area contributed by atoms with Crippen LogP contribution >= 0.6 is 11.6 Å². The van der Waals surface area contributed by atoms with Gasteiger partial charge in [-0.15, -0.1) is 0 Å². The van der Waals surface area contributed by atoms with Crippen molar-refractivity contribution < 1.29 is 0 Å². The lowest BCUT2D eigenvalue weighted by Crippen LogP contribution is -2.13. The zero-order valence-corrected chi connectivity index (χ0v) is 8.54. The number of benzene rings is 1. The molecule has 1 heterocycles. The Hall–Kier alpha value is -1.22. The summed E-state index contributed by atoms with van der Waals surface area (Å²) in [6, 6.07) is 7.80. The molecule has 0 radical (unpaired) electrons. The number of hydrazone groups is 1. The molecule has 74 valence electrons. The van der Waals surface area contributed by atoms with Crippen LogP contribution in [-0.2, 0) is 6.54 Å². The Bertz CT molecular complexity index is 362. The van der Waals surface area contributed by atoms with Crippen LogP contribution in [0.3, 0.4) is 0 Å². The molecule has 4 heteroatoms. The van der Waals surface area contributed by atoms with E-state index in [1.165, 1.54) is 0 Å². The van der Waals surface area contributed by atoms with Crippen molar-refractivity contribution >= 4 is 17.4 Å². The second-order valence-corrected chi connectivity index (χ2v) is 3.80. The smallest absolute Gasteiger partial charge is 0.121 e. The highest BCUT2D eigenvalue weighted by molar-refractivity contribution is 6.30. The Balaban J connectivity index is 2.04. The lowest BCUT2D eigenvalue weighted by molar-refractivity contribution is 0.310. The van der Waals surface area contributed by atoms with Crippen LogP contribution in [0.4, 0.5) is 0 Å². The Morgan fingerprint density at radius 1 is 1.50 bits per heavy atom. The van der Waals surface area contributed by atoms with Gasteiger partial charge in [0.2, 0.25) is 0 Å². The molecular formula is C10H12ClN3. The average Bonchev–Trinajstić information content (AvgIpc) is 2.51. The molecule has 1 aromatic carbocycles. The molecule has 2 N–H and O–H groups in total. The molecule has 0 atom stereocenters. The largest absolute Gasteiger partial charge is 0.386 e. The number of hydrogen-bond donors (Lipinski definition) is 1. The standard InChI is InChI=1S/C10H12ClN3/c11-9-3-1-2-8(6-9)7-14-5-4-10(12)13-14/h1-3,6H,4-5,7H2,(H2,12,13). The number of hydrogen-bond acceptors (Lipinski definition) is 3. The van der Waals surface area contributed by atoms with E-state index in [0.717, 1.165) is 30.1 Å². The molecular weight excluding hydrogens is 198 g/mol. The van der Waals surface area contributed by atoms with Crippen molar-refractivity contribution in [2.24, 2.45) is 10.8 Å². The molecule has 0 saturated carbocycles. The monoisotopic (exact) mass is 209 g/mol. The first-order valence-corrected chi connectivity index (χ1v) is 4.94. The summed E-state index contributed by atoms with van der Waals surface area (Å²) in [5, 5.41) is 6.92. The van der Waals surface area contributed by atoms with Crippen LogP contribution in [0.2, 0.25) is 5.02 Å². The third kappa shape index (κ3) is 2.17. The molecule has 1 aromatic rings. The molecule has 0 unspecified atom stereocenters. The number of halogens is 1. The highest BCUT2D eigenvalue weighted by Gasteiger charge is 2.11. The minimum atomic E-state index is 0.715. The van der Waals surface area contributed by atoms with E-state index < -0.39 is 0 Å². The maximum absolute atomic E-state index is 5.88. The second-order valence-electron chi connectivity index (χ2n) is 3.36. The Labute approximate surface area is 88.2 Å². The average molecular weight is 210 g/mol. The zero-order valence-electron chi connectivity index (χ0n) is 7.78. The summed E-state index contributed by atoms with van der Waals surface area (Å²) in [6.07, 6.45) is 0.862. The van der Waals surface area contributed by atoms with E-state index in [4.69, 9.17) is 17.3 Å². The Morgan fingerprint density at radius 2 is 2.36 bits per heavy atom. The van der Waals surface area contributed by atoms with E-state index in [2.05, 4.69) is 5.10 Å². The van der Waals surface area contributed by atoms with Crippen LogP contribution in [0, 0.1) is 0 Å². The lowest BCUT2D eigenvalue weighted by Gasteiger charge is -2.12. The predicted molar refractivity (Wildman–Crippen MR) is 58.1 cm³/mol. The van der Waals surface area contributed by atoms with Gasteiger partial charge in [0.05, 0.1) is 6.54 Å². The first-order valence-electron chi connectivity index (χ1n) is 4.56. The normalized spacial score (nSPS) is 15.8. The minimum absolute atomic E-state index is 0.715. The van der Waals surface area contributed by atoms with Crippen LogP contribution in [0.15, 0.2) is 29.4 Å². The van der Waals surface area contributed by atoms with Crippen LogP contribution in [0.25, 0.3) is 0 Å². The molecule has 0 aromatic heterocycles. The summed E-state index contributed by atoms with van der Waals surface area (Å²) in [7, 11) is 0. The van der Waals surface area contributed by atoms with Gasteiger partial charge in [-0.1, -0.05) is 23.7 Å². The van der Waals surface area contributed by atoms with Crippen LogP contribution in [0.1, 0.15) is 12.0 Å². The van der Waals surface area contributed by atoms with Gasteiger partial charge in [-0.25, -0.2) is 0 Å². The molecule has 14 heavy (non-hydrogen) atoms. The number of nitrogens with two attached hydrogens (primary N) is 1. The fourth-order valence-electron chi connectivity index (χ4n) is 1.49. The van der Waals surface area contributed by atoms with Gasteiger partial charge in [0.25, 0.3) is 0 Å². The van der Waals surface area contributed by atoms with Crippen molar-refractivity contribution in [3.63, 3.8) is 0 Å². The highest BCUT2D eigenvalue weighted by atomic mass is 35.5. The SMILES string of the molecule is NC1=NN(Cc2cccc(Cl)c2)CC1. The van der Waals surface area contributed by atoms with Gasteiger partial charge in [0.1, 0.15) is 5.84 Å². The van der Waals surface area contributed by atoms with Gasteiger partial charge in [0.15, 0.2) is 0 Å². The van der Waals surface area contributed by atoms with Gasteiger partial charge in [0, 0.05) is 18.0 Å². The molecule has 3 nitrogen and oxygen atoms in total. The summed E-state index contributed by atoms with van der Waals surface area (Å²) in [6.45, 7) is 1.68.